The van der Waals surface area contributed by atoms with E-state index in [1.165, 1.54) is 9.69 Å². The predicted octanol–water partition coefficient (Wildman–Crippen LogP) is 3.46. The molecule has 0 saturated carbocycles. The zero-order valence-electron chi connectivity index (χ0n) is 16.9. The van der Waals surface area contributed by atoms with E-state index in [1.54, 1.807) is 30.3 Å². The minimum atomic E-state index is -3.59. The van der Waals surface area contributed by atoms with Crippen LogP contribution in [0.3, 0.4) is 0 Å². The van der Waals surface area contributed by atoms with Crippen LogP contribution >= 0.6 is 0 Å². The molecule has 1 aliphatic heterocycles. The number of hydrogen-bond donors (Lipinski definition) is 2. The highest BCUT2D eigenvalue weighted by Gasteiger charge is 2.34. The second-order valence-corrected chi connectivity index (χ2v) is 9.63. The van der Waals surface area contributed by atoms with Crippen LogP contribution in [0.2, 0.25) is 0 Å². The van der Waals surface area contributed by atoms with Gasteiger partial charge in [-0.05, 0) is 43.0 Å². The summed E-state index contributed by atoms with van der Waals surface area (Å²) in [4.78, 5) is 16.1. The molecule has 30 heavy (non-hydrogen) atoms. The third-order valence-corrected chi connectivity index (χ3v) is 7.70. The molecular formula is C23H27N3O3S. The maximum Gasteiger partial charge on any atom is 0.243 e. The van der Waals surface area contributed by atoms with Crippen molar-refractivity contribution in [1.29, 1.82) is 0 Å². The van der Waals surface area contributed by atoms with Crippen molar-refractivity contribution in [3.63, 3.8) is 0 Å². The Morgan fingerprint density at radius 3 is 2.67 bits per heavy atom. The van der Waals surface area contributed by atoms with Gasteiger partial charge in [0.1, 0.15) is 0 Å². The van der Waals surface area contributed by atoms with Crippen molar-refractivity contribution >= 4 is 26.8 Å². The molecule has 1 saturated heterocycles. The number of rotatable bonds is 7. The molecular weight excluding hydrogens is 398 g/mol. The van der Waals surface area contributed by atoms with Gasteiger partial charge in [-0.15, -0.1) is 0 Å². The number of nitrogens with one attached hydrogen (secondary N) is 2. The summed E-state index contributed by atoms with van der Waals surface area (Å²) in [5.74, 6) is -0.102. The van der Waals surface area contributed by atoms with Gasteiger partial charge in [-0.1, -0.05) is 42.8 Å². The highest BCUT2D eigenvalue weighted by molar-refractivity contribution is 7.89. The molecule has 0 aliphatic carbocycles. The molecule has 7 heteroatoms. The van der Waals surface area contributed by atoms with Gasteiger partial charge in [0.25, 0.3) is 0 Å². The smallest absolute Gasteiger partial charge is 0.243 e. The van der Waals surface area contributed by atoms with Gasteiger partial charge in [0.15, 0.2) is 0 Å². The van der Waals surface area contributed by atoms with E-state index >= 15 is 0 Å². The SMILES string of the molecule is O=C(CC1CCCCN1S(=O)(=O)c1ccccc1)NCCc1c[nH]c2ccccc12. The van der Waals surface area contributed by atoms with Crippen molar-refractivity contribution in [1.82, 2.24) is 14.6 Å². The van der Waals surface area contributed by atoms with Gasteiger partial charge in [0.05, 0.1) is 4.90 Å². The summed E-state index contributed by atoms with van der Waals surface area (Å²) in [5.41, 5.74) is 2.25. The fourth-order valence-electron chi connectivity index (χ4n) is 4.18. The number of para-hydroxylation sites is 1. The molecule has 1 aliphatic rings. The highest BCUT2D eigenvalue weighted by Crippen LogP contribution is 2.27. The number of aromatic nitrogens is 1. The van der Waals surface area contributed by atoms with Crippen LogP contribution in [-0.4, -0.2) is 42.7 Å². The number of amides is 1. The Kier molecular flexibility index (Phi) is 6.20. The number of H-pyrrole nitrogens is 1. The van der Waals surface area contributed by atoms with Crippen molar-refractivity contribution in [3.05, 3.63) is 66.4 Å². The van der Waals surface area contributed by atoms with Crippen molar-refractivity contribution in [3.8, 4) is 0 Å². The van der Waals surface area contributed by atoms with Crippen LogP contribution in [-0.2, 0) is 21.2 Å². The number of carbonyl (C=O) groups excluding carboxylic acids is 1. The summed E-state index contributed by atoms with van der Waals surface area (Å²) in [6.45, 7) is 0.989. The lowest BCUT2D eigenvalue weighted by Gasteiger charge is -2.34. The summed E-state index contributed by atoms with van der Waals surface area (Å²) in [7, 11) is -3.59. The Labute approximate surface area is 177 Å². The quantitative estimate of drug-likeness (QED) is 0.608. The number of nitrogens with zero attached hydrogens (tertiary/aromatic N) is 1. The number of carbonyl (C=O) groups is 1. The number of hydrogen-bond acceptors (Lipinski definition) is 3. The van der Waals surface area contributed by atoms with Gasteiger partial charge in [0, 0.05) is 42.7 Å². The molecule has 4 rings (SSSR count). The summed E-state index contributed by atoms with van der Waals surface area (Å²) in [6.07, 6.45) is 5.37. The average molecular weight is 426 g/mol. The van der Waals surface area contributed by atoms with Crippen molar-refractivity contribution in [2.24, 2.45) is 0 Å². The van der Waals surface area contributed by atoms with Gasteiger partial charge in [-0.25, -0.2) is 8.42 Å². The second-order valence-electron chi connectivity index (χ2n) is 7.74. The Balaban J connectivity index is 1.36. The van der Waals surface area contributed by atoms with Crippen LogP contribution in [0.5, 0.6) is 0 Å². The third kappa shape index (κ3) is 4.42. The molecule has 2 aromatic carbocycles. The van der Waals surface area contributed by atoms with E-state index in [-0.39, 0.29) is 23.3 Å². The highest BCUT2D eigenvalue weighted by atomic mass is 32.2. The summed E-state index contributed by atoms with van der Waals surface area (Å²) < 4.78 is 27.6. The van der Waals surface area contributed by atoms with Crippen LogP contribution < -0.4 is 5.32 Å². The molecule has 1 unspecified atom stereocenters. The first-order valence-corrected chi connectivity index (χ1v) is 11.9. The fourth-order valence-corrected chi connectivity index (χ4v) is 5.90. The maximum absolute atomic E-state index is 13.1. The molecule has 3 aromatic rings. The topological polar surface area (TPSA) is 82.3 Å². The molecule has 1 amide bonds. The summed E-state index contributed by atoms with van der Waals surface area (Å²) >= 11 is 0. The van der Waals surface area contributed by atoms with Crippen LogP contribution in [0.25, 0.3) is 10.9 Å². The molecule has 0 radical (unpaired) electrons. The normalized spacial score (nSPS) is 17.8. The van der Waals surface area contributed by atoms with E-state index in [0.717, 1.165) is 30.3 Å². The molecule has 1 fully saturated rings. The van der Waals surface area contributed by atoms with E-state index in [0.29, 0.717) is 19.5 Å². The van der Waals surface area contributed by atoms with Crippen molar-refractivity contribution in [2.75, 3.05) is 13.1 Å². The maximum atomic E-state index is 13.1. The van der Waals surface area contributed by atoms with E-state index in [1.807, 2.05) is 24.4 Å². The van der Waals surface area contributed by atoms with Gasteiger partial charge in [0.2, 0.25) is 15.9 Å². The number of piperidine rings is 1. The van der Waals surface area contributed by atoms with Gasteiger partial charge >= 0.3 is 0 Å². The largest absolute Gasteiger partial charge is 0.361 e. The number of benzene rings is 2. The van der Waals surface area contributed by atoms with Crippen molar-refractivity contribution in [2.45, 2.75) is 43.0 Å². The third-order valence-electron chi connectivity index (χ3n) is 5.74. The Hall–Kier alpha value is -2.64. The molecule has 2 heterocycles. The van der Waals surface area contributed by atoms with Gasteiger partial charge < -0.3 is 10.3 Å². The molecule has 1 aromatic heterocycles. The van der Waals surface area contributed by atoms with Crippen molar-refractivity contribution < 1.29 is 13.2 Å². The molecule has 2 N–H and O–H groups in total. The van der Waals surface area contributed by atoms with Crippen LogP contribution in [0.15, 0.2) is 65.7 Å². The molecule has 6 nitrogen and oxygen atoms in total. The predicted molar refractivity (Wildman–Crippen MR) is 118 cm³/mol. The fraction of sp³-hybridized carbons (Fsp3) is 0.348. The first kappa shape index (κ1) is 20.6. The van der Waals surface area contributed by atoms with Crippen LogP contribution in [0, 0.1) is 0 Å². The first-order valence-electron chi connectivity index (χ1n) is 10.4. The zero-order chi connectivity index (χ0) is 21.0. The first-order chi connectivity index (χ1) is 14.6. The minimum absolute atomic E-state index is 0.102. The summed E-state index contributed by atoms with van der Waals surface area (Å²) in [5, 5.41) is 4.14. The average Bonchev–Trinajstić information content (AvgIpc) is 3.18. The number of aromatic amines is 1. The number of sulfonamides is 1. The van der Waals surface area contributed by atoms with E-state index in [2.05, 4.69) is 16.4 Å². The number of fused-ring (bicyclic) bond motifs is 1. The lowest BCUT2D eigenvalue weighted by molar-refractivity contribution is -0.122. The molecule has 0 bridgehead atoms. The Morgan fingerprint density at radius 2 is 1.83 bits per heavy atom. The lowest BCUT2D eigenvalue weighted by atomic mass is 10.0. The second kappa shape index (κ2) is 9.02. The van der Waals surface area contributed by atoms with Crippen LogP contribution in [0.1, 0.15) is 31.2 Å². The monoisotopic (exact) mass is 425 g/mol. The molecule has 1 atom stereocenters. The van der Waals surface area contributed by atoms with Crippen LogP contribution in [0.4, 0.5) is 0 Å². The standard InChI is InChI=1S/C23H27N3O3S/c27-23(24-14-13-18-17-25-22-12-5-4-11-21(18)22)16-19-8-6-7-15-26(19)30(28,29)20-9-2-1-3-10-20/h1-5,9-12,17,19,25H,6-8,13-16H2,(H,24,27). The zero-order valence-corrected chi connectivity index (χ0v) is 17.7. The van der Waals surface area contributed by atoms with Gasteiger partial charge in [-0.3, -0.25) is 4.79 Å². The van der Waals surface area contributed by atoms with E-state index in [4.69, 9.17) is 0 Å². The Bertz CT molecular complexity index is 1110. The molecule has 0 spiro atoms. The Morgan fingerprint density at radius 1 is 1.07 bits per heavy atom. The van der Waals surface area contributed by atoms with E-state index < -0.39 is 10.0 Å². The lowest BCUT2D eigenvalue weighted by Crippen LogP contribution is -2.46. The molecule has 158 valence electrons. The minimum Gasteiger partial charge on any atom is -0.361 e. The van der Waals surface area contributed by atoms with Gasteiger partial charge in [-0.2, -0.15) is 4.31 Å². The summed E-state index contributed by atoms with van der Waals surface area (Å²) in [6, 6.07) is 16.3. The van der Waals surface area contributed by atoms with E-state index in [9.17, 15) is 13.2 Å².